The van der Waals surface area contributed by atoms with Gasteiger partial charge in [-0.3, -0.25) is 0 Å². The second kappa shape index (κ2) is 7.51. The predicted octanol–water partition coefficient (Wildman–Crippen LogP) is 4.36. The Labute approximate surface area is 112 Å². The van der Waals surface area contributed by atoms with Crippen molar-refractivity contribution in [2.45, 2.75) is 39.0 Å². The van der Waals surface area contributed by atoms with Gasteiger partial charge in [-0.1, -0.05) is 57.2 Å². The Morgan fingerprint density at radius 1 is 1.22 bits per heavy atom. The maximum Gasteiger partial charge on any atom is 0.337 e. The lowest BCUT2D eigenvalue weighted by atomic mass is 10.1. The van der Waals surface area contributed by atoms with Gasteiger partial charge in [0.25, 0.3) is 0 Å². The summed E-state index contributed by atoms with van der Waals surface area (Å²) in [6.07, 6.45) is 2.96. The number of benzene rings is 1. The Kier molecular flexibility index (Phi) is 6.33. The maximum atomic E-state index is 6.12. The molecule has 0 aliphatic carbocycles. The third kappa shape index (κ3) is 4.09. The van der Waals surface area contributed by atoms with E-state index in [-0.39, 0.29) is 0 Å². The second-order valence-electron chi connectivity index (χ2n) is 4.45. The number of hydrogen-bond donors (Lipinski definition) is 0. The molecule has 0 N–H and O–H groups in total. The fourth-order valence-electron chi connectivity index (χ4n) is 2.00. The first-order chi connectivity index (χ1) is 8.69. The van der Waals surface area contributed by atoms with Gasteiger partial charge in [0.15, 0.2) is 0 Å². The van der Waals surface area contributed by atoms with Crippen LogP contribution >= 0.6 is 0 Å². The SMILES string of the molecule is C=Cc1ccc(CO[Si](CC)(CCC)OC)cc1. The van der Waals surface area contributed by atoms with Crippen LogP contribution in [0.5, 0.6) is 0 Å². The first kappa shape index (κ1) is 15.2. The molecule has 1 aromatic rings. The summed E-state index contributed by atoms with van der Waals surface area (Å²) < 4.78 is 11.8. The highest BCUT2D eigenvalue weighted by Crippen LogP contribution is 2.21. The minimum absolute atomic E-state index is 0.644. The third-order valence-electron chi connectivity index (χ3n) is 3.26. The Balaban J connectivity index is 2.63. The van der Waals surface area contributed by atoms with Crippen molar-refractivity contribution in [3.63, 3.8) is 0 Å². The van der Waals surface area contributed by atoms with E-state index in [1.165, 1.54) is 5.56 Å². The third-order valence-corrected chi connectivity index (χ3v) is 7.01. The van der Waals surface area contributed by atoms with Crippen LogP contribution in [0.3, 0.4) is 0 Å². The molecular weight excluding hydrogens is 240 g/mol. The van der Waals surface area contributed by atoms with Crippen LogP contribution in [0.1, 0.15) is 31.4 Å². The molecule has 100 valence electrons. The monoisotopic (exact) mass is 264 g/mol. The van der Waals surface area contributed by atoms with Gasteiger partial charge in [0.05, 0.1) is 6.61 Å². The fourth-order valence-corrected chi connectivity index (χ4v) is 4.51. The molecule has 0 saturated carbocycles. The van der Waals surface area contributed by atoms with Crippen molar-refractivity contribution in [2.24, 2.45) is 0 Å². The molecule has 1 atom stereocenters. The molecule has 2 nitrogen and oxygen atoms in total. The molecule has 0 aromatic heterocycles. The maximum absolute atomic E-state index is 6.12. The van der Waals surface area contributed by atoms with Gasteiger partial charge in [0, 0.05) is 7.11 Å². The van der Waals surface area contributed by atoms with Crippen LogP contribution in [0.15, 0.2) is 30.8 Å². The van der Waals surface area contributed by atoms with Crippen molar-refractivity contribution in [1.29, 1.82) is 0 Å². The van der Waals surface area contributed by atoms with Crippen LogP contribution in [0, 0.1) is 0 Å². The molecule has 0 heterocycles. The molecule has 1 unspecified atom stereocenters. The average Bonchev–Trinajstić information content (AvgIpc) is 2.44. The predicted molar refractivity (Wildman–Crippen MR) is 79.7 cm³/mol. The van der Waals surface area contributed by atoms with Gasteiger partial charge in [0.2, 0.25) is 0 Å². The minimum Gasteiger partial charge on any atom is -0.398 e. The van der Waals surface area contributed by atoms with E-state index in [2.05, 4.69) is 44.7 Å². The largest absolute Gasteiger partial charge is 0.398 e. The lowest BCUT2D eigenvalue weighted by Gasteiger charge is -2.27. The van der Waals surface area contributed by atoms with Gasteiger partial charge in [-0.05, 0) is 23.2 Å². The van der Waals surface area contributed by atoms with E-state index >= 15 is 0 Å². The molecule has 18 heavy (non-hydrogen) atoms. The van der Waals surface area contributed by atoms with Gasteiger partial charge in [0.1, 0.15) is 0 Å². The number of hydrogen-bond acceptors (Lipinski definition) is 2. The zero-order chi connectivity index (χ0) is 13.4. The van der Waals surface area contributed by atoms with Crippen molar-refractivity contribution >= 4 is 14.6 Å². The van der Waals surface area contributed by atoms with Crippen molar-refractivity contribution < 1.29 is 8.85 Å². The highest BCUT2D eigenvalue weighted by atomic mass is 28.4. The normalized spacial score (nSPS) is 14.2. The molecule has 0 bridgehead atoms. The Morgan fingerprint density at radius 2 is 1.89 bits per heavy atom. The van der Waals surface area contributed by atoms with Gasteiger partial charge < -0.3 is 8.85 Å². The summed E-state index contributed by atoms with van der Waals surface area (Å²) in [4.78, 5) is 0. The van der Waals surface area contributed by atoms with E-state index in [4.69, 9.17) is 8.85 Å². The second-order valence-corrected chi connectivity index (χ2v) is 8.18. The standard InChI is InChI=1S/C15H24O2Si/c1-5-12-18(7-3,16-4)17-13-15-10-8-14(6-2)9-11-15/h6,8-11H,2,5,7,12-13H2,1,3-4H3. The Hall–Kier alpha value is -0.903. The van der Waals surface area contributed by atoms with E-state index in [1.807, 2.05) is 6.08 Å². The van der Waals surface area contributed by atoms with Crippen LogP contribution in [0.25, 0.3) is 6.08 Å². The quantitative estimate of drug-likeness (QED) is 0.649. The lowest BCUT2D eigenvalue weighted by molar-refractivity contribution is 0.189. The van der Waals surface area contributed by atoms with Crippen molar-refractivity contribution in [1.82, 2.24) is 0 Å². The topological polar surface area (TPSA) is 18.5 Å². The van der Waals surface area contributed by atoms with E-state index in [1.54, 1.807) is 7.11 Å². The van der Waals surface area contributed by atoms with E-state index in [0.717, 1.165) is 24.1 Å². The first-order valence-electron chi connectivity index (χ1n) is 6.60. The molecule has 0 aliphatic heterocycles. The minimum atomic E-state index is -1.97. The van der Waals surface area contributed by atoms with Crippen molar-refractivity contribution in [2.75, 3.05) is 7.11 Å². The van der Waals surface area contributed by atoms with Gasteiger partial charge in [-0.25, -0.2) is 0 Å². The number of rotatable bonds is 8. The smallest absolute Gasteiger partial charge is 0.337 e. The zero-order valence-corrected chi connectivity index (χ0v) is 12.7. The molecule has 1 aromatic carbocycles. The van der Waals surface area contributed by atoms with Crippen molar-refractivity contribution in [3.8, 4) is 0 Å². The average molecular weight is 264 g/mol. The summed E-state index contributed by atoms with van der Waals surface area (Å²) in [7, 11) is -0.184. The first-order valence-corrected chi connectivity index (χ1v) is 8.83. The highest BCUT2D eigenvalue weighted by molar-refractivity contribution is 6.67. The summed E-state index contributed by atoms with van der Waals surface area (Å²) >= 11 is 0. The molecule has 0 radical (unpaired) electrons. The zero-order valence-electron chi connectivity index (χ0n) is 11.7. The van der Waals surface area contributed by atoms with Crippen LogP contribution < -0.4 is 0 Å². The molecule has 0 saturated heterocycles. The summed E-state index contributed by atoms with van der Waals surface area (Å²) in [5.41, 5.74) is 2.33. The summed E-state index contributed by atoms with van der Waals surface area (Å²) in [5.74, 6) is 0. The molecule has 0 fully saturated rings. The Bertz CT molecular complexity index is 355. The lowest BCUT2D eigenvalue weighted by Crippen LogP contribution is -2.39. The van der Waals surface area contributed by atoms with Crippen LogP contribution in [-0.2, 0) is 15.5 Å². The Morgan fingerprint density at radius 3 is 2.33 bits per heavy atom. The molecule has 0 spiro atoms. The fraction of sp³-hybridized carbons (Fsp3) is 0.467. The van der Waals surface area contributed by atoms with E-state index in [9.17, 15) is 0 Å². The van der Waals surface area contributed by atoms with Crippen LogP contribution in [-0.4, -0.2) is 15.7 Å². The van der Waals surface area contributed by atoms with Crippen LogP contribution in [0.4, 0.5) is 0 Å². The molecular formula is C15H24O2Si. The van der Waals surface area contributed by atoms with Gasteiger partial charge >= 0.3 is 8.56 Å². The van der Waals surface area contributed by atoms with E-state index < -0.39 is 8.56 Å². The molecule has 0 aliphatic rings. The van der Waals surface area contributed by atoms with Gasteiger partial charge in [-0.15, -0.1) is 0 Å². The molecule has 3 heteroatoms. The van der Waals surface area contributed by atoms with Gasteiger partial charge in [-0.2, -0.15) is 0 Å². The molecule has 0 amide bonds. The van der Waals surface area contributed by atoms with E-state index in [0.29, 0.717) is 6.61 Å². The van der Waals surface area contributed by atoms with Crippen LogP contribution in [0.2, 0.25) is 12.1 Å². The molecule has 1 rings (SSSR count). The van der Waals surface area contributed by atoms with Crippen molar-refractivity contribution in [3.05, 3.63) is 42.0 Å². The summed E-state index contributed by atoms with van der Waals surface area (Å²) in [6, 6.07) is 10.4. The highest BCUT2D eigenvalue weighted by Gasteiger charge is 2.33. The summed E-state index contributed by atoms with van der Waals surface area (Å²) in [5, 5.41) is 0. The summed E-state index contributed by atoms with van der Waals surface area (Å²) in [6.45, 7) is 8.73.